The molecule has 0 saturated heterocycles. The third-order valence-electron chi connectivity index (χ3n) is 3.95. The van der Waals surface area contributed by atoms with E-state index in [1.165, 1.54) is 36.0 Å². The van der Waals surface area contributed by atoms with Gasteiger partial charge in [-0.3, -0.25) is 9.59 Å². The monoisotopic (exact) mass is 374 g/mol. The number of hydrogen-bond acceptors (Lipinski definition) is 3. The zero-order valence-electron chi connectivity index (χ0n) is 15.1. The summed E-state index contributed by atoms with van der Waals surface area (Å²) in [6.45, 7) is 5.78. The normalized spacial score (nSPS) is 11.7. The Hall–Kier alpha value is -2.34. The molecular formula is C20H23FN2O2S. The van der Waals surface area contributed by atoms with Crippen LogP contribution in [0.15, 0.2) is 42.5 Å². The minimum atomic E-state index is -0.377. The van der Waals surface area contributed by atoms with Crippen LogP contribution >= 0.6 is 11.8 Å². The largest absolute Gasteiger partial charge is 0.325 e. The number of benzene rings is 2. The molecule has 6 heteroatoms. The number of aryl methyl sites for hydroxylation is 2. The van der Waals surface area contributed by atoms with Gasteiger partial charge in [-0.25, -0.2) is 4.39 Å². The lowest BCUT2D eigenvalue weighted by Gasteiger charge is -2.16. The lowest BCUT2D eigenvalue weighted by atomic mass is 10.1. The first-order valence-corrected chi connectivity index (χ1v) is 9.52. The van der Waals surface area contributed by atoms with Crippen LogP contribution in [0, 0.1) is 12.7 Å². The van der Waals surface area contributed by atoms with Crippen molar-refractivity contribution in [3.05, 3.63) is 59.4 Å². The van der Waals surface area contributed by atoms with Crippen molar-refractivity contribution >= 4 is 35.0 Å². The summed E-state index contributed by atoms with van der Waals surface area (Å²) in [5.41, 5.74) is 3.48. The number of halogens is 1. The third kappa shape index (κ3) is 5.59. The topological polar surface area (TPSA) is 58.2 Å². The molecule has 0 fully saturated rings. The van der Waals surface area contributed by atoms with Gasteiger partial charge in [0.25, 0.3) is 0 Å². The van der Waals surface area contributed by atoms with E-state index in [2.05, 4.69) is 10.6 Å². The SMILES string of the molecule is CCc1cccc(C)c1NC(=O)[C@@H](C)SCC(=O)Nc1ccc(F)cc1. The van der Waals surface area contributed by atoms with Crippen LogP contribution in [0.25, 0.3) is 0 Å². The first-order valence-electron chi connectivity index (χ1n) is 8.47. The smallest absolute Gasteiger partial charge is 0.237 e. The molecule has 4 nitrogen and oxygen atoms in total. The highest BCUT2D eigenvalue weighted by molar-refractivity contribution is 8.01. The Labute approximate surface area is 157 Å². The van der Waals surface area contributed by atoms with Gasteiger partial charge in [0.1, 0.15) is 5.82 Å². The maximum Gasteiger partial charge on any atom is 0.237 e. The van der Waals surface area contributed by atoms with Crippen LogP contribution in [0.1, 0.15) is 25.0 Å². The van der Waals surface area contributed by atoms with Crippen molar-refractivity contribution in [2.75, 3.05) is 16.4 Å². The fraction of sp³-hybridized carbons (Fsp3) is 0.300. The second kappa shape index (κ2) is 9.38. The van der Waals surface area contributed by atoms with Gasteiger partial charge in [-0.2, -0.15) is 0 Å². The van der Waals surface area contributed by atoms with Crippen LogP contribution in [-0.2, 0) is 16.0 Å². The first-order chi connectivity index (χ1) is 12.4. The molecule has 0 aromatic heterocycles. The van der Waals surface area contributed by atoms with E-state index in [0.717, 1.165) is 23.2 Å². The van der Waals surface area contributed by atoms with Crippen LogP contribution in [0.5, 0.6) is 0 Å². The molecule has 1 atom stereocenters. The van der Waals surface area contributed by atoms with Gasteiger partial charge in [-0.05, 0) is 55.7 Å². The Morgan fingerprint density at radius 3 is 2.46 bits per heavy atom. The number of nitrogens with one attached hydrogen (secondary N) is 2. The Morgan fingerprint density at radius 2 is 1.81 bits per heavy atom. The molecule has 0 bridgehead atoms. The molecule has 0 aliphatic carbocycles. The zero-order valence-corrected chi connectivity index (χ0v) is 16.0. The number of carbonyl (C=O) groups is 2. The minimum absolute atomic E-state index is 0.131. The summed E-state index contributed by atoms with van der Waals surface area (Å²) in [5, 5.41) is 5.28. The van der Waals surface area contributed by atoms with Gasteiger partial charge in [-0.15, -0.1) is 11.8 Å². The predicted molar refractivity (Wildman–Crippen MR) is 106 cm³/mol. The molecule has 2 amide bonds. The fourth-order valence-electron chi connectivity index (χ4n) is 2.43. The molecule has 2 rings (SSSR count). The Balaban J connectivity index is 1.87. The first kappa shape index (κ1) is 20.0. The molecule has 0 radical (unpaired) electrons. The Bertz CT molecular complexity index is 778. The number of carbonyl (C=O) groups excluding carboxylic acids is 2. The van der Waals surface area contributed by atoms with Crippen molar-refractivity contribution in [3.63, 3.8) is 0 Å². The number of hydrogen-bond donors (Lipinski definition) is 2. The minimum Gasteiger partial charge on any atom is -0.325 e. The van der Waals surface area contributed by atoms with E-state index in [0.29, 0.717) is 5.69 Å². The van der Waals surface area contributed by atoms with Gasteiger partial charge in [-0.1, -0.05) is 25.1 Å². The predicted octanol–water partition coefficient (Wildman–Crippen LogP) is 4.40. The van der Waals surface area contributed by atoms with Crippen molar-refractivity contribution < 1.29 is 14.0 Å². The summed E-state index contributed by atoms with van der Waals surface area (Å²) in [5.74, 6) is -0.578. The van der Waals surface area contributed by atoms with Crippen molar-refractivity contribution in [1.82, 2.24) is 0 Å². The number of amides is 2. The summed E-state index contributed by atoms with van der Waals surface area (Å²) in [7, 11) is 0. The van der Waals surface area contributed by atoms with Crippen LogP contribution in [0.4, 0.5) is 15.8 Å². The number of anilines is 2. The van der Waals surface area contributed by atoms with E-state index in [9.17, 15) is 14.0 Å². The van der Waals surface area contributed by atoms with Gasteiger partial charge in [0.05, 0.1) is 11.0 Å². The molecule has 138 valence electrons. The van der Waals surface area contributed by atoms with E-state index in [1.807, 2.05) is 32.0 Å². The molecule has 2 aromatic carbocycles. The lowest BCUT2D eigenvalue weighted by Crippen LogP contribution is -2.25. The van der Waals surface area contributed by atoms with Gasteiger partial charge in [0, 0.05) is 11.4 Å². The molecule has 2 aromatic rings. The molecule has 26 heavy (non-hydrogen) atoms. The molecule has 0 aliphatic rings. The van der Waals surface area contributed by atoms with Gasteiger partial charge >= 0.3 is 0 Å². The van der Waals surface area contributed by atoms with E-state index in [-0.39, 0.29) is 28.6 Å². The third-order valence-corrected chi connectivity index (χ3v) is 5.09. The second-order valence-corrected chi connectivity index (χ2v) is 7.29. The highest BCUT2D eigenvalue weighted by Gasteiger charge is 2.17. The summed E-state index contributed by atoms with van der Waals surface area (Å²) >= 11 is 1.26. The maximum atomic E-state index is 12.9. The van der Waals surface area contributed by atoms with Crippen molar-refractivity contribution in [2.24, 2.45) is 0 Å². The van der Waals surface area contributed by atoms with E-state index < -0.39 is 0 Å². The molecule has 0 heterocycles. The van der Waals surface area contributed by atoms with Crippen LogP contribution in [0.3, 0.4) is 0 Å². The average molecular weight is 374 g/mol. The zero-order chi connectivity index (χ0) is 19.1. The van der Waals surface area contributed by atoms with Crippen molar-refractivity contribution in [1.29, 1.82) is 0 Å². The van der Waals surface area contributed by atoms with Crippen molar-refractivity contribution in [3.8, 4) is 0 Å². The Morgan fingerprint density at radius 1 is 1.12 bits per heavy atom. The highest BCUT2D eigenvalue weighted by Crippen LogP contribution is 2.23. The molecule has 2 N–H and O–H groups in total. The van der Waals surface area contributed by atoms with Crippen molar-refractivity contribution in [2.45, 2.75) is 32.4 Å². The van der Waals surface area contributed by atoms with Crippen LogP contribution in [-0.4, -0.2) is 22.8 Å². The lowest BCUT2D eigenvalue weighted by molar-refractivity contribution is -0.115. The second-order valence-electron chi connectivity index (χ2n) is 5.96. The van der Waals surface area contributed by atoms with E-state index in [4.69, 9.17) is 0 Å². The highest BCUT2D eigenvalue weighted by atomic mass is 32.2. The molecule has 0 spiro atoms. The number of rotatable bonds is 7. The van der Waals surface area contributed by atoms with E-state index in [1.54, 1.807) is 6.92 Å². The van der Waals surface area contributed by atoms with E-state index >= 15 is 0 Å². The Kier molecular flexibility index (Phi) is 7.21. The van der Waals surface area contributed by atoms with Crippen LogP contribution < -0.4 is 10.6 Å². The summed E-state index contributed by atoms with van der Waals surface area (Å²) < 4.78 is 12.9. The quantitative estimate of drug-likeness (QED) is 0.755. The van der Waals surface area contributed by atoms with Crippen LogP contribution in [0.2, 0.25) is 0 Å². The molecular weight excluding hydrogens is 351 g/mol. The van der Waals surface area contributed by atoms with Gasteiger partial charge in [0.15, 0.2) is 0 Å². The standard InChI is InChI=1S/C20H23FN2O2S/c1-4-15-7-5-6-13(2)19(15)23-20(25)14(3)26-12-18(24)22-17-10-8-16(21)9-11-17/h5-11,14H,4,12H2,1-3H3,(H,22,24)(H,23,25)/t14-/m1/s1. The summed E-state index contributed by atoms with van der Waals surface area (Å²) in [6.07, 6.45) is 0.832. The number of para-hydroxylation sites is 1. The molecule has 0 unspecified atom stereocenters. The fourth-order valence-corrected chi connectivity index (χ4v) is 3.12. The van der Waals surface area contributed by atoms with Gasteiger partial charge in [0.2, 0.25) is 11.8 Å². The number of thioether (sulfide) groups is 1. The molecule has 0 aliphatic heterocycles. The van der Waals surface area contributed by atoms with Gasteiger partial charge < -0.3 is 10.6 Å². The average Bonchev–Trinajstić information content (AvgIpc) is 2.63. The summed E-state index contributed by atoms with van der Waals surface area (Å²) in [4.78, 5) is 24.4. The maximum absolute atomic E-state index is 12.9. The molecule has 0 saturated carbocycles. The summed E-state index contributed by atoms with van der Waals surface area (Å²) in [6, 6.07) is 11.5.